The minimum absolute atomic E-state index is 0.807. The lowest BCUT2D eigenvalue weighted by molar-refractivity contribution is 0.415. The third-order valence-corrected chi connectivity index (χ3v) is 4.04. The number of nitrogens with zero attached hydrogens (tertiary/aromatic N) is 1. The summed E-state index contributed by atoms with van der Waals surface area (Å²) >= 11 is 5.42. The molecule has 3 nitrogen and oxygen atoms in total. The second-order valence-electron chi connectivity index (χ2n) is 5.23. The molecular formula is C16H24N2OS. The van der Waals surface area contributed by atoms with Gasteiger partial charge in [-0.1, -0.05) is 39.0 Å². The van der Waals surface area contributed by atoms with E-state index in [0.717, 1.165) is 28.1 Å². The molecule has 20 heavy (non-hydrogen) atoms. The lowest BCUT2D eigenvalue weighted by Crippen LogP contribution is -1.98. The fourth-order valence-electron chi connectivity index (χ4n) is 2.53. The second-order valence-corrected chi connectivity index (χ2v) is 5.62. The zero-order valence-electron chi connectivity index (χ0n) is 12.4. The van der Waals surface area contributed by atoms with E-state index in [0.29, 0.717) is 0 Å². The Labute approximate surface area is 126 Å². The van der Waals surface area contributed by atoms with E-state index in [4.69, 9.17) is 17.0 Å². The molecule has 0 aliphatic heterocycles. The third kappa shape index (κ3) is 3.63. The molecule has 0 aliphatic rings. The van der Waals surface area contributed by atoms with Gasteiger partial charge < -0.3 is 14.3 Å². The highest BCUT2D eigenvalue weighted by atomic mass is 32.1. The Kier molecular flexibility index (Phi) is 5.65. The Bertz CT molecular complexity index is 600. The fourth-order valence-corrected chi connectivity index (χ4v) is 2.83. The molecule has 0 atom stereocenters. The lowest BCUT2D eigenvalue weighted by atomic mass is 10.1. The number of nitrogens with one attached hydrogen (secondary N) is 1. The van der Waals surface area contributed by atoms with Crippen LogP contribution in [0, 0.1) is 4.77 Å². The maximum absolute atomic E-state index is 5.42. The molecule has 0 bridgehead atoms. The fraction of sp³-hybridized carbons (Fsp3) is 0.562. The first-order valence-electron chi connectivity index (χ1n) is 7.53. The van der Waals surface area contributed by atoms with Crippen molar-refractivity contribution in [1.29, 1.82) is 0 Å². The van der Waals surface area contributed by atoms with Gasteiger partial charge in [-0.2, -0.15) is 0 Å². The molecule has 1 aromatic carbocycles. The highest BCUT2D eigenvalue weighted by molar-refractivity contribution is 7.71. The van der Waals surface area contributed by atoms with Crippen LogP contribution in [0.4, 0.5) is 0 Å². The van der Waals surface area contributed by atoms with E-state index in [2.05, 4.69) is 22.5 Å². The first-order valence-corrected chi connectivity index (χ1v) is 7.93. The quantitative estimate of drug-likeness (QED) is 0.544. The molecule has 0 fully saturated rings. The number of fused-ring (bicyclic) bond motifs is 1. The number of aryl methyl sites for hydroxylation is 1. The Balaban J connectivity index is 2.01. The summed E-state index contributed by atoms with van der Waals surface area (Å²) in [6, 6.07) is 6.04. The van der Waals surface area contributed by atoms with Crippen LogP contribution in [0.25, 0.3) is 11.0 Å². The highest BCUT2D eigenvalue weighted by Gasteiger charge is 2.05. The molecule has 1 aromatic heterocycles. The first-order chi connectivity index (χ1) is 9.76. The average Bonchev–Trinajstić information content (AvgIpc) is 2.77. The van der Waals surface area contributed by atoms with Crippen molar-refractivity contribution in [2.24, 2.45) is 0 Å². The maximum Gasteiger partial charge on any atom is 0.178 e. The first kappa shape index (κ1) is 15.1. The van der Waals surface area contributed by atoms with Crippen LogP contribution in [0.15, 0.2) is 18.2 Å². The molecule has 0 amide bonds. The van der Waals surface area contributed by atoms with E-state index in [-0.39, 0.29) is 0 Å². The number of rotatable bonds is 8. The molecule has 2 rings (SSSR count). The molecule has 110 valence electrons. The van der Waals surface area contributed by atoms with Crippen LogP contribution >= 0.6 is 12.2 Å². The van der Waals surface area contributed by atoms with Crippen molar-refractivity contribution in [2.45, 2.75) is 52.0 Å². The van der Waals surface area contributed by atoms with Crippen LogP contribution in [0.1, 0.15) is 45.4 Å². The zero-order chi connectivity index (χ0) is 14.4. The summed E-state index contributed by atoms with van der Waals surface area (Å²) in [5, 5.41) is 0. The predicted octanol–water partition coefficient (Wildman–Crippen LogP) is 5.07. The normalized spacial score (nSPS) is 11.1. The minimum Gasteiger partial charge on any atom is -0.497 e. The molecule has 0 aliphatic carbocycles. The summed E-state index contributed by atoms with van der Waals surface area (Å²) in [4.78, 5) is 3.26. The van der Waals surface area contributed by atoms with Gasteiger partial charge in [-0.15, -0.1) is 0 Å². The van der Waals surface area contributed by atoms with E-state index >= 15 is 0 Å². The Hall–Kier alpha value is -1.29. The average molecular weight is 292 g/mol. The standard InChI is InChI=1S/C16H24N2OS/c1-3-4-5-6-7-8-11-18-15-12-13(19-2)9-10-14(15)17-16(18)20/h9-10,12H,3-8,11H2,1-2H3,(H,17,20). The van der Waals surface area contributed by atoms with Gasteiger partial charge in [0.25, 0.3) is 0 Å². The van der Waals surface area contributed by atoms with E-state index in [1.165, 1.54) is 38.5 Å². The Morgan fingerprint density at radius 2 is 1.90 bits per heavy atom. The predicted molar refractivity (Wildman–Crippen MR) is 87.1 cm³/mol. The summed E-state index contributed by atoms with van der Waals surface area (Å²) in [5.74, 6) is 0.878. The van der Waals surface area contributed by atoms with Crippen LogP contribution in [-0.2, 0) is 6.54 Å². The van der Waals surface area contributed by atoms with Crippen molar-refractivity contribution >= 4 is 23.3 Å². The van der Waals surface area contributed by atoms with Crippen LogP contribution < -0.4 is 4.74 Å². The number of ether oxygens (including phenoxy) is 1. The molecular weight excluding hydrogens is 268 g/mol. The topological polar surface area (TPSA) is 29.9 Å². The monoisotopic (exact) mass is 292 g/mol. The number of methoxy groups -OCH3 is 1. The molecule has 0 saturated carbocycles. The summed E-state index contributed by atoms with van der Waals surface area (Å²) in [5.41, 5.74) is 2.23. The summed E-state index contributed by atoms with van der Waals surface area (Å²) in [6.07, 6.45) is 7.79. The van der Waals surface area contributed by atoms with Crippen molar-refractivity contribution in [1.82, 2.24) is 9.55 Å². The number of benzene rings is 1. The lowest BCUT2D eigenvalue weighted by Gasteiger charge is -2.06. The summed E-state index contributed by atoms with van der Waals surface area (Å²) in [6.45, 7) is 3.23. The van der Waals surface area contributed by atoms with Crippen molar-refractivity contribution in [3.63, 3.8) is 0 Å². The third-order valence-electron chi connectivity index (χ3n) is 3.72. The Morgan fingerprint density at radius 1 is 1.15 bits per heavy atom. The van der Waals surface area contributed by atoms with Crippen molar-refractivity contribution in [3.05, 3.63) is 23.0 Å². The van der Waals surface area contributed by atoms with Gasteiger partial charge in [-0.05, 0) is 30.8 Å². The van der Waals surface area contributed by atoms with Gasteiger partial charge in [0.15, 0.2) is 4.77 Å². The number of H-pyrrole nitrogens is 1. The van der Waals surface area contributed by atoms with Crippen molar-refractivity contribution in [2.75, 3.05) is 7.11 Å². The zero-order valence-corrected chi connectivity index (χ0v) is 13.3. The SMILES string of the molecule is CCCCCCCCn1c(=S)[nH]c2ccc(OC)cc21. The molecule has 1 heterocycles. The number of imidazole rings is 1. The van der Waals surface area contributed by atoms with Crippen molar-refractivity contribution < 1.29 is 4.74 Å². The van der Waals surface area contributed by atoms with Crippen LogP contribution in [0.3, 0.4) is 0 Å². The number of hydrogen-bond acceptors (Lipinski definition) is 2. The van der Waals surface area contributed by atoms with Gasteiger partial charge >= 0.3 is 0 Å². The van der Waals surface area contributed by atoms with E-state index < -0.39 is 0 Å². The van der Waals surface area contributed by atoms with Gasteiger partial charge in [-0.25, -0.2) is 0 Å². The van der Waals surface area contributed by atoms with Gasteiger partial charge in [0.2, 0.25) is 0 Å². The second kappa shape index (κ2) is 7.48. The highest BCUT2D eigenvalue weighted by Crippen LogP contribution is 2.21. The van der Waals surface area contributed by atoms with Gasteiger partial charge in [0.05, 0.1) is 18.1 Å². The molecule has 0 spiro atoms. The molecule has 1 N–H and O–H groups in total. The van der Waals surface area contributed by atoms with Gasteiger partial charge in [-0.3, -0.25) is 0 Å². The number of aromatic nitrogens is 2. The van der Waals surface area contributed by atoms with E-state index in [1.54, 1.807) is 7.11 Å². The maximum atomic E-state index is 5.42. The summed E-state index contributed by atoms with van der Waals surface area (Å²) in [7, 11) is 1.69. The number of unbranched alkanes of at least 4 members (excludes halogenated alkanes) is 5. The van der Waals surface area contributed by atoms with Crippen LogP contribution in [-0.4, -0.2) is 16.7 Å². The molecule has 4 heteroatoms. The number of hydrogen-bond donors (Lipinski definition) is 1. The summed E-state index contributed by atoms with van der Waals surface area (Å²) < 4.78 is 8.29. The Morgan fingerprint density at radius 3 is 2.65 bits per heavy atom. The smallest absolute Gasteiger partial charge is 0.178 e. The van der Waals surface area contributed by atoms with Crippen LogP contribution in [0.5, 0.6) is 5.75 Å². The number of aromatic amines is 1. The molecule has 2 aromatic rings. The molecule has 0 saturated heterocycles. The van der Waals surface area contributed by atoms with Crippen molar-refractivity contribution in [3.8, 4) is 5.75 Å². The van der Waals surface area contributed by atoms with E-state index in [9.17, 15) is 0 Å². The minimum atomic E-state index is 0.807. The molecule has 0 radical (unpaired) electrons. The largest absolute Gasteiger partial charge is 0.497 e. The van der Waals surface area contributed by atoms with E-state index in [1.807, 2.05) is 12.1 Å². The van der Waals surface area contributed by atoms with Crippen LogP contribution in [0.2, 0.25) is 0 Å². The van der Waals surface area contributed by atoms with Gasteiger partial charge in [0, 0.05) is 12.6 Å². The molecule has 0 unspecified atom stereocenters. The van der Waals surface area contributed by atoms with Gasteiger partial charge in [0.1, 0.15) is 5.75 Å².